The monoisotopic (exact) mass is 320 g/mol. The van der Waals surface area contributed by atoms with Crippen LogP contribution >= 0.6 is 24.0 Å². The van der Waals surface area contributed by atoms with Crippen molar-refractivity contribution in [3.8, 4) is 0 Å². The highest BCUT2D eigenvalue weighted by atomic mass is 35.5. The lowest BCUT2D eigenvalue weighted by Crippen LogP contribution is -2.45. The van der Waals surface area contributed by atoms with E-state index in [-0.39, 0.29) is 28.8 Å². The molecule has 1 amide bonds. The molecule has 1 fully saturated rings. The quantitative estimate of drug-likeness (QED) is 0.898. The molecule has 1 aromatic rings. The molecule has 2 N–H and O–H groups in total. The first-order valence-electron chi connectivity index (χ1n) is 6.44. The number of piperidine rings is 1. The Balaban J connectivity index is 0.00000200. The normalized spacial score (nSPS) is 21.9. The number of carbonyl (C=O) groups is 1. The molecule has 6 heteroatoms. The van der Waals surface area contributed by atoms with Gasteiger partial charge in [-0.25, -0.2) is 4.39 Å². The number of carbonyl (C=O) groups excluding carboxylic acids is 1. The standard InChI is InChI=1S/C14H18ClFN2O.ClH/c1-14(5-2-6-17-8-14)9-18-13(19)10-3-4-12(16)11(15)7-10;/h3-4,7,17H,2,5-6,8-9H2,1H3,(H,18,19);1H. The van der Waals surface area contributed by atoms with Gasteiger partial charge in [0.25, 0.3) is 5.91 Å². The Kier molecular flexibility index (Phi) is 6.24. The molecule has 1 aromatic carbocycles. The van der Waals surface area contributed by atoms with Gasteiger partial charge in [-0.05, 0) is 43.0 Å². The van der Waals surface area contributed by atoms with Gasteiger partial charge in [0.2, 0.25) is 0 Å². The van der Waals surface area contributed by atoms with Crippen molar-refractivity contribution in [2.75, 3.05) is 19.6 Å². The minimum Gasteiger partial charge on any atom is -0.351 e. The summed E-state index contributed by atoms with van der Waals surface area (Å²) < 4.78 is 13.0. The van der Waals surface area contributed by atoms with Crippen LogP contribution in [0.3, 0.4) is 0 Å². The third-order valence-corrected chi connectivity index (χ3v) is 3.83. The maximum absolute atomic E-state index is 13.0. The highest BCUT2D eigenvalue weighted by molar-refractivity contribution is 6.31. The van der Waals surface area contributed by atoms with Crippen molar-refractivity contribution < 1.29 is 9.18 Å². The highest BCUT2D eigenvalue weighted by Crippen LogP contribution is 2.24. The molecule has 3 nitrogen and oxygen atoms in total. The van der Waals surface area contributed by atoms with Crippen LogP contribution in [0, 0.1) is 11.2 Å². The molecule has 0 spiro atoms. The molecule has 0 aromatic heterocycles. The van der Waals surface area contributed by atoms with Crippen LogP contribution in [0.5, 0.6) is 0 Å². The van der Waals surface area contributed by atoms with Crippen LogP contribution < -0.4 is 10.6 Å². The summed E-state index contributed by atoms with van der Waals surface area (Å²) in [4.78, 5) is 12.0. The lowest BCUT2D eigenvalue weighted by Gasteiger charge is -2.34. The van der Waals surface area contributed by atoms with Crippen LogP contribution in [0.25, 0.3) is 0 Å². The molecule has 112 valence electrons. The maximum Gasteiger partial charge on any atom is 0.251 e. The molecule has 0 saturated carbocycles. The first-order chi connectivity index (χ1) is 9.00. The second-order valence-electron chi connectivity index (χ2n) is 5.40. The van der Waals surface area contributed by atoms with E-state index >= 15 is 0 Å². The van der Waals surface area contributed by atoms with Crippen molar-refractivity contribution in [1.29, 1.82) is 0 Å². The van der Waals surface area contributed by atoms with Gasteiger partial charge in [0.1, 0.15) is 5.82 Å². The van der Waals surface area contributed by atoms with Crippen LogP contribution in [-0.2, 0) is 0 Å². The molecule has 1 atom stereocenters. The van der Waals surface area contributed by atoms with Gasteiger partial charge in [0, 0.05) is 18.7 Å². The lowest BCUT2D eigenvalue weighted by molar-refractivity contribution is 0.0924. The summed E-state index contributed by atoms with van der Waals surface area (Å²) in [7, 11) is 0. The summed E-state index contributed by atoms with van der Waals surface area (Å²) in [6.07, 6.45) is 2.21. The first-order valence-corrected chi connectivity index (χ1v) is 6.82. The minimum atomic E-state index is -0.512. The fourth-order valence-corrected chi connectivity index (χ4v) is 2.48. The molecule has 1 unspecified atom stereocenters. The molecule has 20 heavy (non-hydrogen) atoms. The Hall–Kier alpha value is -0.840. The molecular weight excluding hydrogens is 302 g/mol. The summed E-state index contributed by atoms with van der Waals surface area (Å²) in [5, 5.41) is 6.20. The molecule has 2 rings (SSSR count). The number of hydrogen-bond donors (Lipinski definition) is 2. The van der Waals surface area contributed by atoms with Crippen molar-refractivity contribution in [2.24, 2.45) is 5.41 Å². The Morgan fingerprint density at radius 3 is 2.90 bits per heavy atom. The van der Waals surface area contributed by atoms with Gasteiger partial charge in [0.15, 0.2) is 0 Å². The molecule has 1 heterocycles. The third-order valence-electron chi connectivity index (χ3n) is 3.54. The van der Waals surface area contributed by atoms with Gasteiger partial charge in [-0.15, -0.1) is 12.4 Å². The Bertz CT molecular complexity index is 476. The second kappa shape index (κ2) is 7.25. The van der Waals surface area contributed by atoms with Crippen molar-refractivity contribution >= 4 is 29.9 Å². The van der Waals surface area contributed by atoms with E-state index in [0.717, 1.165) is 25.9 Å². The predicted octanol–water partition coefficient (Wildman–Crippen LogP) is 3.02. The zero-order chi connectivity index (χ0) is 13.9. The van der Waals surface area contributed by atoms with E-state index in [1.807, 2.05) is 0 Å². The largest absolute Gasteiger partial charge is 0.351 e. The minimum absolute atomic E-state index is 0. The fourth-order valence-electron chi connectivity index (χ4n) is 2.30. The molecule has 1 saturated heterocycles. The molecule has 0 bridgehead atoms. The number of rotatable bonds is 3. The average Bonchev–Trinajstić information content (AvgIpc) is 2.40. The molecule has 1 aliphatic heterocycles. The summed E-state index contributed by atoms with van der Waals surface area (Å²) in [5.74, 6) is -0.727. The number of halogens is 3. The van der Waals surface area contributed by atoms with Crippen molar-refractivity contribution in [1.82, 2.24) is 10.6 Å². The average molecular weight is 321 g/mol. The third kappa shape index (κ3) is 4.33. The summed E-state index contributed by atoms with van der Waals surface area (Å²) in [6.45, 7) is 4.69. The molecule has 0 radical (unpaired) electrons. The number of benzene rings is 1. The smallest absolute Gasteiger partial charge is 0.251 e. The summed E-state index contributed by atoms with van der Waals surface area (Å²) >= 11 is 5.67. The molecular formula is C14H19Cl2FN2O. The first kappa shape index (κ1) is 17.2. The van der Waals surface area contributed by atoms with Crippen LogP contribution in [0.15, 0.2) is 18.2 Å². The van der Waals surface area contributed by atoms with Gasteiger partial charge < -0.3 is 10.6 Å². The SMILES string of the molecule is CC1(CNC(=O)c2ccc(F)c(Cl)c2)CCCNC1.Cl. The van der Waals surface area contributed by atoms with Gasteiger partial charge >= 0.3 is 0 Å². The summed E-state index contributed by atoms with van der Waals surface area (Å²) in [6, 6.07) is 4.01. The Labute approximate surface area is 129 Å². The number of amides is 1. The van der Waals surface area contributed by atoms with Gasteiger partial charge in [-0.1, -0.05) is 18.5 Å². The lowest BCUT2D eigenvalue weighted by atomic mass is 9.83. The van der Waals surface area contributed by atoms with Crippen LogP contribution in [0.1, 0.15) is 30.1 Å². The van der Waals surface area contributed by atoms with E-state index in [1.54, 1.807) is 0 Å². The zero-order valence-electron chi connectivity index (χ0n) is 11.3. The fraction of sp³-hybridized carbons (Fsp3) is 0.500. The van der Waals surface area contributed by atoms with Crippen molar-refractivity contribution in [3.63, 3.8) is 0 Å². The predicted molar refractivity (Wildman–Crippen MR) is 81.2 cm³/mol. The Morgan fingerprint density at radius 1 is 1.55 bits per heavy atom. The number of nitrogens with one attached hydrogen (secondary N) is 2. The number of hydrogen-bond acceptors (Lipinski definition) is 2. The van der Waals surface area contributed by atoms with E-state index in [9.17, 15) is 9.18 Å². The van der Waals surface area contributed by atoms with E-state index in [4.69, 9.17) is 11.6 Å². The van der Waals surface area contributed by atoms with E-state index < -0.39 is 5.82 Å². The van der Waals surface area contributed by atoms with Crippen LogP contribution in [-0.4, -0.2) is 25.5 Å². The van der Waals surface area contributed by atoms with Crippen LogP contribution in [0.4, 0.5) is 4.39 Å². The van der Waals surface area contributed by atoms with Gasteiger partial charge in [0.05, 0.1) is 5.02 Å². The van der Waals surface area contributed by atoms with Crippen LogP contribution in [0.2, 0.25) is 5.02 Å². The van der Waals surface area contributed by atoms with E-state index in [2.05, 4.69) is 17.6 Å². The summed E-state index contributed by atoms with van der Waals surface area (Å²) in [5.41, 5.74) is 0.469. The molecule has 1 aliphatic rings. The maximum atomic E-state index is 13.0. The van der Waals surface area contributed by atoms with E-state index in [0.29, 0.717) is 12.1 Å². The zero-order valence-corrected chi connectivity index (χ0v) is 12.9. The van der Waals surface area contributed by atoms with Gasteiger partial charge in [-0.2, -0.15) is 0 Å². The van der Waals surface area contributed by atoms with Gasteiger partial charge in [-0.3, -0.25) is 4.79 Å². The van der Waals surface area contributed by atoms with Crippen molar-refractivity contribution in [2.45, 2.75) is 19.8 Å². The topological polar surface area (TPSA) is 41.1 Å². The Morgan fingerprint density at radius 2 is 2.30 bits per heavy atom. The molecule has 0 aliphatic carbocycles. The van der Waals surface area contributed by atoms with Crippen molar-refractivity contribution in [3.05, 3.63) is 34.6 Å². The van der Waals surface area contributed by atoms with E-state index in [1.165, 1.54) is 18.2 Å². The second-order valence-corrected chi connectivity index (χ2v) is 5.81. The highest BCUT2D eigenvalue weighted by Gasteiger charge is 2.27.